The number of carbonyl (C=O) groups excluding carboxylic acids is 3. The van der Waals surface area contributed by atoms with Gasteiger partial charge in [0.2, 0.25) is 17.4 Å². The lowest BCUT2D eigenvalue weighted by Crippen LogP contribution is -2.57. The largest absolute Gasteiger partial charge is 0.497 e. The number of thioether (sulfide) groups is 2. The fourth-order valence-corrected chi connectivity index (χ4v) is 8.91. The Kier molecular flexibility index (Phi) is 9.65. The standard InChI is InChI=1S/C28H24ClN7O6S4/c1-40-15-6-3-13(4-7-15)12-42-26(39)21-22(45-28-31-16-9-14(11-29)5-8-17(16)43-28)25(44-19-10-18(37)36(19)21)33-24(38)20(34-41-2)23-32-27(30)46-35-23/h3-9,19,25H,10-12H2,1-2H3,(H,33,38)(H2,30,32,35)/t19-,25?/m0/s1. The van der Waals surface area contributed by atoms with Crippen LogP contribution in [0.25, 0.3) is 10.2 Å². The zero-order valence-corrected chi connectivity index (χ0v) is 28.1. The predicted molar refractivity (Wildman–Crippen MR) is 177 cm³/mol. The van der Waals surface area contributed by atoms with E-state index in [1.165, 1.54) is 46.9 Å². The Morgan fingerprint density at radius 1 is 1.17 bits per heavy atom. The van der Waals surface area contributed by atoms with E-state index in [4.69, 9.17) is 36.6 Å². The van der Waals surface area contributed by atoms with Crippen molar-refractivity contribution in [3.05, 3.63) is 70.0 Å². The van der Waals surface area contributed by atoms with E-state index in [2.05, 4.69) is 19.8 Å². The number of rotatable bonds is 11. The molecule has 0 bridgehead atoms. The number of oxime groups is 1. The first-order valence-corrected chi connectivity index (χ1v) is 17.3. The minimum Gasteiger partial charge on any atom is -0.497 e. The monoisotopic (exact) mass is 717 g/mol. The molecule has 46 heavy (non-hydrogen) atoms. The molecule has 18 heteroatoms. The lowest BCUT2D eigenvalue weighted by molar-refractivity contribution is -0.150. The summed E-state index contributed by atoms with van der Waals surface area (Å²) in [6, 6.07) is 12.8. The zero-order valence-electron chi connectivity index (χ0n) is 24.1. The molecule has 2 amide bonds. The van der Waals surface area contributed by atoms with Gasteiger partial charge in [-0.05, 0) is 35.4 Å². The van der Waals surface area contributed by atoms with Gasteiger partial charge < -0.3 is 25.4 Å². The second-order valence-electron chi connectivity index (χ2n) is 9.65. The van der Waals surface area contributed by atoms with Crippen molar-refractivity contribution in [1.29, 1.82) is 0 Å². The molecule has 0 radical (unpaired) electrons. The van der Waals surface area contributed by atoms with E-state index in [0.29, 0.717) is 20.9 Å². The number of nitrogen functional groups attached to an aromatic ring is 1. The summed E-state index contributed by atoms with van der Waals surface area (Å²) in [5.41, 5.74) is 7.94. The number of nitrogens with zero attached hydrogens (tertiary/aromatic N) is 5. The third-order valence-corrected chi connectivity index (χ3v) is 11.3. The molecule has 3 N–H and O–H groups in total. The molecule has 2 aromatic carbocycles. The van der Waals surface area contributed by atoms with Crippen molar-refractivity contribution in [2.75, 3.05) is 20.0 Å². The number of amides is 2. The summed E-state index contributed by atoms with van der Waals surface area (Å²) >= 11 is 10.8. The van der Waals surface area contributed by atoms with E-state index < -0.39 is 22.6 Å². The number of hydrogen-bond acceptors (Lipinski definition) is 15. The van der Waals surface area contributed by atoms with Crippen LogP contribution in [-0.4, -0.2) is 67.7 Å². The molecule has 2 aromatic heterocycles. The first-order valence-electron chi connectivity index (χ1n) is 13.4. The summed E-state index contributed by atoms with van der Waals surface area (Å²) in [5, 5.41) is 5.68. The maximum atomic E-state index is 13.8. The molecule has 2 aliphatic heterocycles. The molecule has 0 spiro atoms. The summed E-state index contributed by atoms with van der Waals surface area (Å²) in [7, 11) is 2.85. The van der Waals surface area contributed by atoms with Crippen LogP contribution in [0.1, 0.15) is 23.4 Å². The maximum Gasteiger partial charge on any atom is 0.356 e. The Balaban J connectivity index is 1.37. The molecule has 1 fully saturated rings. The highest BCUT2D eigenvalue weighted by Gasteiger charge is 2.50. The van der Waals surface area contributed by atoms with Crippen LogP contribution in [0.5, 0.6) is 5.75 Å². The van der Waals surface area contributed by atoms with Gasteiger partial charge in [-0.25, -0.2) is 9.78 Å². The third-order valence-electron chi connectivity index (χ3n) is 6.73. The third kappa shape index (κ3) is 6.64. The van der Waals surface area contributed by atoms with Crippen molar-refractivity contribution >= 4 is 96.8 Å². The summed E-state index contributed by atoms with van der Waals surface area (Å²) in [4.78, 5) is 55.9. The Morgan fingerprint density at radius 3 is 2.63 bits per heavy atom. The van der Waals surface area contributed by atoms with Gasteiger partial charge in [0.1, 0.15) is 30.5 Å². The number of fused-ring (bicyclic) bond motifs is 2. The molecule has 1 unspecified atom stereocenters. The number of halogens is 1. The van der Waals surface area contributed by atoms with Crippen LogP contribution in [0.2, 0.25) is 0 Å². The van der Waals surface area contributed by atoms with Crippen molar-refractivity contribution in [2.24, 2.45) is 5.16 Å². The first-order chi connectivity index (χ1) is 22.3. The number of alkyl halides is 1. The summed E-state index contributed by atoms with van der Waals surface area (Å²) in [5.74, 6) is -0.649. The molecule has 1 saturated heterocycles. The van der Waals surface area contributed by atoms with Crippen LogP contribution in [0.3, 0.4) is 0 Å². The Labute approximate surface area is 283 Å². The van der Waals surface area contributed by atoms with Gasteiger partial charge in [0, 0.05) is 17.4 Å². The van der Waals surface area contributed by atoms with Gasteiger partial charge in [-0.15, -0.1) is 34.7 Å². The molecular formula is C28H24ClN7O6S4. The highest BCUT2D eigenvalue weighted by molar-refractivity contribution is 8.07. The molecule has 0 aliphatic carbocycles. The van der Waals surface area contributed by atoms with Crippen LogP contribution >= 0.6 is 58.0 Å². The number of nitrogens with one attached hydrogen (secondary N) is 1. The fraction of sp³-hybridized carbons (Fsp3) is 0.250. The van der Waals surface area contributed by atoms with E-state index in [9.17, 15) is 14.4 Å². The van der Waals surface area contributed by atoms with E-state index in [-0.39, 0.29) is 41.3 Å². The van der Waals surface area contributed by atoms with Crippen molar-refractivity contribution in [1.82, 2.24) is 24.6 Å². The van der Waals surface area contributed by atoms with Crippen molar-refractivity contribution < 1.29 is 28.7 Å². The quantitative estimate of drug-likeness (QED) is 0.0741. The van der Waals surface area contributed by atoms with Gasteiger partial charge >= 0.3 is 5.97 Å². The predicted octanol–water partition coefficient (Wildman–Crippen LogP) is 4.32. The summed E-state index contributed by atoms with van der Waals surface area (Å²) in [6.07, 6.45) is 0.176. The van der Waals surface area contributed by atoms with Crippen molar-refractivity contribution in [3.63, 3.8) is 0 Å². The van der Waals surface area contributed by atoms with Crippen LogP contribution < -0.4 is 15.8 Å². The number of hydrogen-bond donors (Lipinski definition) is 2. The smallest absolute Gasteiger partial charge is 0.356 e. The number of carbonyl (C=O) groups is 3. The number of esters is 1. The summed E-state index contributed by atoms with van der Waals surface area (Å²) in [6.45, 7) is -0.0506. The van der Waals surface area contributed by atoms with Gasteiger partial charge in [-0.2, -0.15) is 9.36 Å². The molecule has 238 valence electrons. The van der Waals surface area contributed by atoms with E-state index in [1.807, 2.05) is 18.2 Å². The van der Waals surface area contributed by atoms with Gasteiger partial charge in [-0.3, -0.25) is 14.5 Å². The lowest BCUT2D eigenvalue weighted by atomic mass is 10.1. The van der Waals surface area contributed by atoms with Gasteiger partial charge in [0.25, 0.3) is 5.91 Å². The van der Waals surface area contributed by atoms with Gasteiger partial charge in [-0.1, -0.05) is 35.1 Å². The zero-order chi connectivity index (χ0) is 32.4. The van der Waals surface area contributed by atoms with Gasteiger partial charge in [0.05, 0.1) is 34.0 Å². The molecule has 0 saturated carbocycles. The number of benzene rings is 2. The van der Waals surface area contributed by atoms with Crippen LogP contribution in [0.4, 0.5) is 5.13 Å². The second kappa shape index (κ2) is 13.8. The highest BCUT2D eigenvalue weighted by Crippen LogP contribution is 2.49. The first kappa shape index (κ1) is 32.1. The Bertz CT molecular complexity index is 1880. The molecule has 4 heterocycles. The highest BCUT2D eigenvalue weighted by atomic mass is 35.5. The number of anilines is 1. The average Bonchev–Trinajstić information content (AvgIpc) is 3.67. The lowest BCUT2D eigenvalue weighted by Gasteiger charge is -2.46. The number of nitrogens with two attached hydrogens (primary N) is 1. The van der Waals surface area contributed by atoms with Gasteiger partial charge in [0.15, 0.2) is 9.47 Å². The van der Waals surface area contributed by atoms with E-state index >= 15 is 0 Å². The SMILES string of the molecule is CON=C(C(=O)NC1S[C@H]2CC(=O)N2C(C(=O)OCc2ccc(OC)cc2)=C1Sc1nc2cc(CCl)ccc2s1)c1nsc(N)n1. The molecule has 4 aromatic rings. The van der Waals surface area contributed by atoms with Crippen LogP contribution in [0, 0.1) is 0 Å². The Hall–Kier alpha value is -3.90. The fourth-order valence-electron chi connectivity index (χ4n) is 4.53. The normalized spacial score (nSPS) is 17.8. The molecule has 13 nitrogen and oxygen atoms in total. The minimum absolute atomic E-state index is 0.0123. The molecule has 2 aliphatic rings. The summed E-state index contributed by atoms with van der Waals surface area (Å²) < 4.78 is 16.5. The molecular weight excluding hydrogens is 694 g/mol. The van der Waals surface area contributed by atoms with Crippen molar-refractivity contribution in [2.45, 2.75) is 34.0 Å². The maximum absolute atomic E-state index is 13.8. The average molecular weight is 718 g/mol. The van der Waals surface area contributed by atoms with E-state index in [0.717, 1.165) is 32.9 Å². The second-order valence-corrected chi connectivity index (χ2v) is 14.3. The van der Waals surface area contributed by atoms with Crippen LogP contribution in [0.15, 0.2) is 62.6 Å². The number of thiazole rings is 1. The Morgan fingerprint density at radius 2 is 1.96 bits per heavy atom. The molecule has 6 rings (SSSR count). The number of methoxy groups -OCH3 is 1. The van der Waals surface area contributed by atoms with Crippen LogP contribution in [-0.2, 0) is 36.4 Å². The number of β-lactam (4-membered cyclic amide) rings is 1. The van der Waals surface area contributed by atoms with E-state index in [1.54, 1.807) is 31.4 Å². The van der Waals surface area contributed by atoms with Crippen molar-refractivity contribution in [3.8, 4) is 5.75 Å². The minimum atomic E-state index is -0.807. The number of aromatic nitrogens is 3. The number of ether oxygens (including phenoxy) is 2. The topological polar surface area (TPSA) is 171 Å². The molecule has 2 atom stereocenters.